The number of aromatic nitrogens is 4. The Morgan fingerprint density at radius 2 is 2.03 bits per heavy atom. The van der Waals surface area contributed by atoms with Gasteiger partial charge in [0, 0.05) is 6.20 Å². The van der Waals surface area contributed by atoms with Crippen LogP contribution in [0.3, 0.4) is 0 Å². The lowest BCUT2D eigenvalue weighted by atomic mass is 10.1. The highest BCUT2D eigenvalue weighted by atomic mass is 79.9. The van der Waals surface area contributed by atoms with E-state index in [1.54, 1.807) is 36.9 Å². The minimum Gasteiger partial charge on any atom is -0.306 e. The Labute approximate surface area is 183 Å². The number of carbonyl (C=O) groups is 1. The monoisotopic (exact) mass is 500 g/mol. The average molecular weight is 502 g/mol. The van der Waals surface area contributed by atoms with Crippen LogP contribution in [-0.4, -0.2) is 30.4 Å². The molecule has 0 spiro atoms. The molecule has 2 aromatic heterocycles. The molecular formula is C17H15BrCl2N6O3. The molecule has 2 heterocycles. The van der Waals surface area contributed by atoms with E-state index >= 15 is 0 Å². The highest BCUT2D eigenvalue weighted by Gasteiger charge is 2.33. The van der Waals surface area contributed by atoms with Gasteiger partial charge in [0.15, 0.2) is 5.82 Å². The van der Waals surface area contributed by atoms with Gasteiger partial charge in [0.2, 0.25) is 0 Å². The Bertz CT molecular complexity index is 1090. The van der Waals surface area contributed by atoms with Crippen molar-refractivity contribution < 1.29 is 9.72 Å². The van der Waals surface area contributed by atoms with Crippen molar-refractivity contribution in [2.45, 2.75) is 25.9 Å². The van der Waals surface area contributed by atoms with Crippen LogP contribution in [0.2, 0.25) is 10.0 Å². The second-order valence-corrected chi connectivity index (χ2v) is 8.35. The van der Waals surface area contributed by atoms with Gasteiger partial charge in [0.1, 0.15) is 17.9 Å². The number of rotatable bonds is 6. The summed E-state index contributed by atoms with van der Waals surface area (Å²) in [5.74, 6) is -0.124. The van der Waals surface area contributed by atoms with Crippen LogP contribution in [0, 0.1) is 10.1 Å². The Morgan fingerprint density at radius 3 is 2.66 bits per heavy atom. The maximum atomic E-state index is 12.8. The lowest BCUT2D eigenvalue weighted by Gasteiger charge is -2.23. The Morgan fingerprint density at radius 1 is 1.31 bits per heavy atom. The van der Waals surface area contributed by atoms with Gasteiger partial charge in [0.05, 0.1) is 26.0 Å². The summed E-state index contributed by atoms with van der Waals surface area (Å²) in [6.07, 6.45) is 4.01. The Hall–Kier alpha value is -2.43. The first-order chi connectivity index (χ1) is 13.6. The molecule has 3 aromatic rings. The molecule has 0 aliphatic carbocycles. The standard InChI is InChI=1S/C17H15BrCl2N6O3/c1-17(2,25-8-11(6-21-25)26(28)29)16(27)22-15-12(18)9-24(23-15)7-10-3-4-13(19)14(20)5-10/h3-6,8-9H,7H2,1-2H3,(H,22,23,27). The molecule has 0 saturated carbocycles. The smallest absolute Gasteiger partial charge is 0.306 e. The molecule has 12 heteroatoms. The quantitative estimate of drug-likeness (QED) is 0.395. The van der Waals surface area contributed by atoms with E-state index < -0.39 is 16.4 Å². The predicted octanol–water partition coefficient (Wildman–Crippen LogP) is 4.48. The van der Waals surface area contributed by atoms with Crippen LogP contribution >= 0.6 is 39.1 Å². The van der Waals surface area contributed by atoms with Gasteiger partial charge in [-0.15, -0.1) is 0 Å². The van der Waals surface area contributed by atoms with Gasteiger partial charge >= 0.3 is 5.69 Å². The molecule has 3 rings (SSSR count). The molecule has 0 bridgehead atoms. The molecule has 1 N–H and O–H groups in total. The van der Waals surface area contributed by atoms with Crippen molar-refractivity contribution in [1.29, 1.82) is 0 Å². The molecule has 1 aromatic carbocycles. The molecule has 0 unspecified atom stereocenters. The molecule has 0 saturated heterocycles. The maximum absolute atomic E-state index is 12.8. The molecule has 0 aliphatic heterocycles. The van der Waals surface area contributed by atoms with Crippen LogP contribution in [0.4, 0.5) is 11.5 Å². The lowest BCUT2D eigenvalue weighted by Crippen LogP contribution is -2.40. The van der Waals surface area contributed by atoms with Crippen LogP contribution in [0.1, 0.15) is 19.4 Å². The topological polar surface area (TPSA) is 108 Å². The summed E-state index contributed by atoms with van der Waals surface area (Å²) >= 11 is 15.3. The number of anilines is 1. The Balaban J connectivity index is 1.76. The van der Waals surface area contributed by atoms with Crippen molar-refractivity contribution >= 4 is 56.5 Å². The van der Waals surface area contributed by atoms with Gasteiger partial charge in [0.25, 0.3) is 5.91 Å². The van der Waals surface area contributed by atoms with Gasteiger partial charge in [-0.1, -0.05) is 29.3 Å². The normalized spacial score (nSPS) is 11.5. The third-order valence-electron chi connectivity index (χ3n) is 4.19. The van der Waals surface area contributed by atoms with Crippen LogP contribution in [0.5, 0.6) is 0 Å². The molecule has 0 aliphatic rings. The number of halogens is 3. The molecule has 152 valence electrons. The van der Waals surface area contributed by atoms with Gasteiger partial charge in [-0.3, -0.25) is 24.3 Å². The second-order valence-electron chi connectivity index (χ2n) is 6.69. The molecule has 29 heavy (non-hydrogen) atoms. The molecule has 0 radical (unpaired) electrons. The van der Waals surface area contributed by atoms with E-state index in [0.717, 1.165) is 11.8 Å². The minimum atomic E-state index is -1.18. The summed E-state index contributed by atoms with van der Waals surface area (Å²) in [4.78, 5) is 23.1. The fourth-order valence-corrected chi connectivity index (χ4v) is 3.20. The Kier molecular flexibility index (Phi) is 5.97. The molecule has 9 nitrogen and oxygen atoms in total. The van der Waals surface area contributed by atoms with Crippen molar-refractivity contribution in [1.82, 2.24) is 19.6 Å². The van der Waals surface area contributed by atoms with Crippen LogP contribution in [-0.2, 0) is 16.9 Å². The van der Waals surface area contributed by atoms with Crippen molar-refractivity contribution in [3.8, 4) is 0 Å². The van der Waals surface area contributed by atoms with Gasteiger partial charge in [-0.05, 0) is 47.5 Å². The third kappa shape index (κ3) is 4.60. The maximum Gasteiger partial charge on any atom is 0.307 e. The summed E-state index contributed by atoms with van der Waals surface area (Å²) in [7, 11) is 0. The molecule has 0 fully saturated rings. The van der Waals surface area contributed by atoms with Crippen molar-refractivity contribution in [3.05, 3.63) is 67.0 Å². The number of nitrogens with zero attached hydrogens (tertiary/aromatic N) is 5. The van der Waals surface area contributed by atoms with Crippen molar-refractivity contribution in [2.75, 3.05) is 5.32 Å². The SMILES string of the molecule is CC(C)(C(=O)Nc1nn(Cc2ccc(Cl)c(Cl)c2)cc1Br)n1cc([N+](=O)[O-])cn1. The first-order valence-corrected chi connectivity index (χ1v) is 9.80. The van der Waals surface area contributed by atoms with Crippen LogP contribution in [0.25, 0.3) is 0 Å². The number of nitro groups is 1. The second kappa shape index (κ2) is 8.13. The molecular weight excluding hydrogens is 487 g/mol. The first-order valence-electron chi connectivity index (χ1n) is 8.26. The number of nitrogens with one attached hydrogen (secondary N) is 1. The number of benzene rings is 1. The predicted molar refractivity (Wildman–Crippen MR) is 112 cm³/mol. The first kappa shape index (κ1) is 21.3. The summed E-state index contributed by atoms with van der Waals surface area (Å²) in [5.41, 5.74) is -0.490. The largest absolute Gasteiger partial charge is 0.307 e. The number of hydrogen-bond acceptors (Lipinski definition) is 5. The summed E-state index contributed by atoms with van der Waals surface area (Å²) < 4.78 is 3.44. The van der Waals surface area contributed by atoms with Gasteiger partial charge in [-0.2, -0.15) is 10.2 Å². The number of amides is 1. The average Bonchev–Trinajstić information content (AvgIpc) is 3.26. The van der Waals surface area contributed by atoms with Gasteiger partial charge < -0.3 is 5.32 Å². The molecule has 0 atom stereocenters. The van der Waals surface area contributed by atoms with E-state index in [1.165, 1.54) is 10.9 Å². The van der Waals surface area contributed by atoms with E-state index in [2.05, 4.69) is 31.4 Å². The summed E-state index contributed by atoms with van der Waals surface area (Å²) in [5, 5.41) is 22.8. The zero-order valence-corrected chi connectivity index (χ0v) is 18.4. The third-order valence-corrected chi connectivity index (χ3v) is 5.51. The van der Waals surface area contributed by atoms with Crippen LogP contribution in [0.15, 0.2) is 41.3 Å². The summed E-state index contributed by atoms with van der Waals surface area (Å²) in [6.45, 7) is 3.61. The van der Waals surface area contributed by atoms with E-state index in [0.29, 0.717) is 26.9 Å². The van der Waals surface area contributed by atoms with E-state index in [9.17, 15) is 14.9 Å². The van der Waals surface area contributed by atoms with Crippen molar-refractivity contribution in [3.63, 3.8) is 0 Å². The molecule has 1 amide bonds. The van der Waals surface area contributed by atoms with E-state index in [-0.39, 0.29) is 5.69 Å². The fourth-order valence-electron chi connectivity index (χ4n) is 2.47. The lowest BCUT2D eigenvalue weighted by molar-refractivity contribution is -0.385. The van der Waals surface area contributed by atoms with Gasteiger partial charge in [-0.25, -0.2) is 0 Å². The minimum absolute atomic E-state index is 0.196. The zero-order chi connectivity index (χ0) is 21.3. The van der Waals surface area contributed by atoms with Crippen molar-refractivity contribution in [2.24, 2.45) is 0 Å². The fraction of sp³-hybridized carbons (Fsp3) is 0.235. The summed E-state index contributed by atoms with van der Waals surface area (Å²) in [6, 6.07) is 5.27. The zero-order valence-electron chi connectivity index (χ0n) is 15.3. The number of hydrogen-bond donors (Lipinski definition) is 1. The highest BCUT2D eigenvalue weighted by Crippen LogP contribution is 2.26. The van der Waals surface area contributed by atoms with E-state index in [4.69, 9.17) is 23.2 Å². The highest BCUT2D eigenvalue weighted by molar-refractivity contribution is 9.10. The number of carbonyl (C=O) groups excluding carboxylic acids is 1. The van der Waals surface area contributed by atoms with E-state index in [1.807, 2.05) is 6.07 Å². The van der Waals surface area contributed by atoms with Crippen LogP contribution < -0.4 is 5.32 Å².